The summed E-state index contributed by atoms with van der Waals surface area (Å²) in [4.78, 5) is 24.3. The SMILES string of the molecule is C[C@@H]1CC[C@@H](C(C)(C)c2ccccc2)[C@H](OC(=O)C2=CC(=O)CCC2)C1. The zero-order valence-electron chi connectivity index (χ0n) is 16.2. The Labute approximate surface area is 156 Å². The zero-order chi connectivity index (χ0) is 18.7. The van der Waals surface area contributed by atoms with Crippen molar-refractivity contribution in [3.63, 3.8) is 0 Å². The first-order valence-electron chi connectivity index (χ1n) is 9.88. The molecule has 0 aliphatic heterocycles. The molecule has 1 aromatic carbocycles. The van der Waals surface area contributed by atoms with Crippen LogP contribution < -0.4 is 0 Å². The molecule has 3 atom stereocenters. The van der Waals surface area contributed by atoms with E-state index >= 15 is 0 Å². The van der Waals surface area contributed by atoms with Gasteiger partial charge in [-0.05, 0) is 48.7 Å². The quantitative estimate of drug-likeness (QED) is 0.715. The minimum absolute atomic E-state index is 0.0429. The molecule has 26 heavy (non-hydrogen) atoms. The van der Waals surface area contributed by atoms with Gasteiger partial charge in [-0.3, -0.25) is 4.79 Å². The summed E-state index contributed by atoms with van der Waals surface area (Å²) >= 11 is 0. The van der Waals surface area contributed by atoms with E-state index in [1.165, 1.54) is 11.6 Å². The van der Waals surface area contributed by atoms with Gasteiger partial charge in [-0.25, -0.2) is 4.79 Å². The minimum Gasteiger partial charge on any atom is -0.459 e. The number of esters is 1. The summed E-state index contributed by atoms with van der Waals surface area (Å²) in [6, 6.07) is 10.5. The highest BCUT2D eigenvalue weighted by atomic mass is 16.5. The molecule has 0 saturated heterocycles. The molecule has 1 aromatic rings. The van der Waals surface area contributed by atoms with Crippen molar-refractivity contribution < 1.29 is 14.3 Å². The van der Waals surface area contributed by atoms with Crippen molar-refractivity contribution in [2.75, 3.05) is 0 Å². The van der Waals surface area contributed by atoms with Crippen LogP contribution >= 0.6 is 0 Å². The van der Waals surface area contributed by atoms with E-state index in [-0.39, 0.29) is 29.2 Å². The Morgan fingerprint density at radius 2 is 1.85 bits per heavy atom. The van der Waals surface area contributed by atoms with Gasteiger partial charge in [-0.1, -0.05) is 57.5 Å². The van der Waals surface area contributed by atoms with Crippen LogP contribution in [0.2, 0.25) is 0 Å². The van der Waals surface area contributed by atoms with Crippen molar-refractivity contribution in [1.29, 1.82) is 0 Å². The summed E-state index contributed by atoms with van der Waals surface area (Å²) in [6.45, 7) is 6.75. The Morgan fingerprint density at radius 1 is 1.12 bits per heavy atom. The second-order valence-corrected chi connectivity index (χ2v) is 8.55. The Hall–Kier alpha value is -1.90. The highest BCUT2D eigenvalue weighted by Gasteiger charge is 2.42. The Bertz CT molecular complexity index is 687. The van der Waals surface area contributed by atoms with Crippen LogP contribution in [0, 0.1) is 11.8 Å². The summed E-state index contributed by atoms with van der Waals surface area (Å²) in [5, 5.41) is 0. The predicted molar refractivity (Wildman–Crippen MR) is 103 cm³/mol. The summed E-state index contributed by atoms with van der Waals surface area (Å²) < 4.78 is 6.01. The van der Waals surface area contributed by atoms with Crippen molar-refractivity contribution in [3.05, 3.63) is 47.5 Å². The summed E-state index contributed by atoms with van der Waals surface area (Å²) in [5.74, 6) is 0.593. The Morgan fingerprint density at radius 3 is 2.54 bits per heavy atom. The van der Waals surface area contributed by atoms with E-state index in [0.717, 1.165) is 25.7 Å². The number of allylic oxidation sites excluding steroid dienone is 1. The Kier molecular flexibility index (Phi) is 5.64. The number of rotatable bonds is 4. The standard InChI is InChI=1S/C23H30O3/c1-16-12-13-20(23(2,3)18-9-5-4-6-10-18)21(14-16)26-22(25)17-8-7-11-19(24)15-17/h4-6,9-10,15-16,20-21H,7-8,11-14H2,1-3H3/t16-,20-,21-/m1/s1. The van der Waals surface area contributed by atoms with Crippen LogP contribution in [0.15, 0.2) is 42.0 Å². The van der Waals surface area contributed by atoms with Gasteiger partial charge >= 0.3 is 5.97 Å². The third-order valence-corrected chi connectivity index (χ3v) is 6.22. The van der Waals surface area contributed by atoms with Gasteiger partial charge in [0.2, 0.25) is 0 Å². The van der Waals surface area contributed by atoms with E-state index < -0.39 is 0 Å². The second kappa shape index (κ2) is 7.77. The van der Waals surface area contributed by atoms with Crippen LogP contribution in [-0.2, 0) is 19.7 Å². The maximum Gasteiger partial charge on any atom is 0.334 e. The fourth-order valence-electron chi connectivity index (χ4n) is 4.53. The third kappa shape index (κ3) is 4.08. The van der Waals surface area contributed by atoms with Crippen molar-refractivity contribution >= 4 is 11.8 Å². The first-order valence-corrected chi connectivity index (χ1v) is 9.88. The van der Waals surface area contributed by atoms with Crippen LogP contribution in [0.4, 0.5) is 0 Å². The van der Waals surface area contributed by atoms with E-state index in [1.54, 1.807) is 0 Å². The van der Waals surface area contributed by atoms with Gasteiger partial charge in [-0.15, -0.1) is 0 Å². The van der Waals surface area contributed by atoms with Gasteiger partial charge in [0.05, 0.1) is 0 Å². The van der Waals surface area contributed by atoms with E-state index in [4.69, 9.17) is 4.74 Å². The first kappa shape index (κ1) is 18.9. The van der Waals surface area contributed by atoms with Gasteiger partial charge in [0, 0.05) is 17.9 Å². The average molecular weight is 354 g/mol. The lowest BCUT2D eigenvalue weighted by atomic mass is 9.64. The normalized spacial score (nSPS) is 27.0. The highest BCUT2D eigenvalue weighted by Crippen LogP contribution is 2.43. The van der Waals surface area contributed by atoms with Crippen molar-refractivity contribution in [3.8, 4) is 0 Å². The fourth-order valence-corrected chi connectivity index (χ4v) is 4.53. The van der Waals surface area contributed by atoms with Crippen molar-refractivity contribution in [1.82, 2.24) is 0 Å². The van der Waals surface area contributed by atoms with Gasteiger partial charge in [0.1, 0.15) is 6.10 Å². The van der Waals surface area contributed by atoms with Crippen LogP contribution in [0.5, 0.6) is 0 Å². The van der Waals surface area contributed by atoms with Crippen molar-refractivity contribution in [2.45, 2.75) is 70.8 Å². The number of carbonyl (C=O) groups excluding carboxylic acids is 2. The molecule has 0 amide bonds. The first-order chi connectivity index (χ1) is 12.4. The summed E-state index contributed by atoms with van der Waals surface area (Å²) in [6.07, 6.45) is 6.46. The molecule has 0 N–H and O–H groups in total. The number of hydrogen-bond acceptors (Lipinski definition) is 3. The van der Waals surface area contributed by atoms with Gasteiger partial charge in [-0.2, -0.15) is 0 Å². The topological polar surface area (TPSA) is 43.4 Å². The van der Waals surface area contributed by atoms with E-state index in [9.17, 15) is 9.59 Å². The molecule has 1 fully saturated rings. The number of carbonyl (C=O) groups is 2. The van der Waals surface area contributed by atoms with Gasteiger partial charge < -0.3 is 4.74 Å². The van der Waals surface area contributed by atoms with Crippen LogP contribution in [0.3, 0.4) is 0 Å². The third-order valence-electron chi connectivity index (χ3n) is 6.22. The number of ketones is 1. The lowest BCUT2D eigenvalue weighted by molar-refractivity contribution is -0.152. The average Bonchev–Trinajstić information content (AvgIpc) is 2.62. The smallest absolute Gasteiger partial charge is 0.334 e. The molecule has 3 heteroatoms. The van der Waals surface area contributed by atoms with E-state index in [2.05, 4.69) is 45.0 Å². The predicted octanol–water partition coefficient (Wildman–Crippen LogP) is 4.99. The number of benzene rings is 1. The largest absolute Gasteiger partial charge is 0.459 e. The molecule has 0 heterocycles. The molecule has 140 valence electrons. The van der Waals surface area contributed by atoms with E-state index in [1.807, 2.05) is 6.07 Å². The van der Waals surface area contributed by atoms with Crippen LogP contribution in [-0.4, -0.2) is 17.9 Å². The summed E-state index contributed by atoms with van der Waals surface area (Å²) in [5.41, 5.74) is 1.77. The Balaban J connectivity index is 1.80. The fraction of sp³-hybridized carbons (Fsp3) is 0.565. The van der Waals surface area contributed by atoms with Crippen LogP contribution in [0.25, 0.3) is 0 Å². The molecule has 3 nitrogen and oxygen atoms in total. The van der Waals surface area contributed by atoms with Crippen molar-refractivity contribution in [2.24, 2.45) is 11.8 Å². The van der Waals surface area contributed by atoms with Gasteiger partial charge in [0.25, 0.3) is 0 Å². The molecule has 0 aromatic heterocycles. The number of hydrogen-bond donors (Lipinski definition) is 0. The minimum atomic E-state index is -0.286. The molecule has 0 unspecified atom stereocenters. The molecule has 0 bridgehead atoms. The summed E-state index contributed by atoms with van der Waals surface area (Å²) in [7, 11) is 0. The maximum atomic E-state index is 12.7. The second-order valence-electron chi connectivity index (χ2n) is 8.55. The molecule has 2 aliphatic rings. The molecular formula is C23H30O3. The van der Waals surface area contributed by atoms with Crippen LogP contribution in [0.1, 0.15) is 64.9 Å². The molecule has 2 aliphatic carbocycles. The maximum absolute atomic E-state index is 12.7. The lowest BCUT2D eigenvalue weighted by Gasteiger charge is -2.44. The number of ether oxygens (including phenoxy) is 1. The zero-order valence-corrected chi connectivity index (χ0v) is 16.2. The van der Waals surface area contributed by atoms with E-state index in [0.29, 0.717) is 24.3 Å². The molecule has 3 rings (SSSR count). The molecular weight excluding hydrogens is 324 g/mol. The monoisotopic (exact) mass is 354 g/mol. The molecule has 1 saturated carbocycles. The lowest BCUT2D eigenvalue weighted by Crippen LogP contribution is -2.43. The van der Waals surface area contributed by atoms with Gasteiger partial charge in [0.15, 0.2) is 5.78 Å². The molecule has 0 radical (unpaired) electrons. The highest BCUT2D eigenvalue weighted by molar-refractivity contribution is 6.00. The molecule has 0 spiro atoms.